The fourth-order valence-corrected chi connectivity index (χ4v) is 4.77. The molecule has 19 heavy (non-hydrogen) atoms. The molecule has 1 heterocycles. The first-order valence-electron chi connectivity index (χ1n) is 6.89. The van der Waals surface area contributed by atoms with Gasteiger partial charge in [0, 0.05) is 16.2 Å². The van der Waals surface area contributed by atoms with Gasteiger partial charge in [0.05, 0.1) is 4.88 Å². The van der Waals surface area contributed by atoms with Gasteiger partial charge in [0.2, 0.25) is 0 Å². The monoisotopic (exact) mass is 343 g/mol. The van der Waals surface area contributed by atoms with Crippen molar-refractivity contribution in [3.05, 3.63) is 21.4 Å². The molecule has 1 aromatic heterocycles. The Morgan fingerprint density at radius 2 is 2.21 bits per heavy atom. The van der Waals surface area contributed by atoms with E-state index in [-0.39, 0.29) is 11.3 Å². The molecule has 1 atom stereocenters. The minimum atomic E-state index is 0.0813. The molecule has 2 rings (SSSR count). The number of carbonyl (C=O) groups excluding carboxylic acids is 1. The number of nitrogens with one attached hydrogen (secondary N) is 1. The quantitative estimate of drug-likeness (QED) is 0.816. The fraction of sp³-hybridized carbons (Fsp3) is 0.667. The van der Waals surface area contributed by atoms with Crippen LogP contribution in [0.1, 0.15) is 53.7 Å². The molecule has 4 heteroatoms. The number of fused-ring (bicyclic) bond motifs is 1. The number of halogens is 1. The molecule has 1 unspecified atom stereocenters. The first-order chi connectivity index (χ1) is 8.85. The summed E-state index contributed by atoms with van der Waals surface area (Å²) in [5.41, 5.74) is 1.67. The average molecular weight is 344 g/mol. The maximum absolute atomic E-state index is 12.1. The molecular weight excluding hydrogens is 322 g/mol. The highest BCUT2D eigenvalue weighted by atomic mass is 79.9. The summed E-state index contributed by atoms with van der Waals surface area (Å²) in [6.07, 6.45) is 4.59. The summed E-state index contributed by atoms with van der Waals surface area (Å²) in [7, 11) is 0. The van der Waals surface area contributed by atoms with E-state index in [1.54, 1.807) is 11.3 Å². The van der Waals surface area contributed by atoms with Gasteiger partial charge < -0.3 is 5.32 Å². The second-order valence-electron chi connectivity index (χ2n) is 6.48. The lowest BCUT2D eigenvalue weighted by Crippen LogP contribution is -2.30. The first-order valence-corrected chi connectivity index (χ1v) is 8.62. The van der Waals surface area contributed by atoms with E-state index in [4.69, 9.17) is 0 Å². The SMILES string of the molecule is CC(C)(C)CC(Br)CNC(=O)c1cc2c(s1)CCC2. The van der Waals surface area contributed by atoms with Gasteiger partial charge in [-0.25, -0.2) is 0 Å². The van der Waals surface area contributed by atoms with Crippen LogP contribution in [0.5, 0.6) is 0 Å². The molecule has 2 nitrogen and oxygen atoms in total. The number of amides is 1. The number of alkyl halides is 1. The highest BCUT2D eigenvalue weighted by Gasteiger charge is 2.20. The zero-order valence-corrected chi connectivity index (χ0v) is 14.3. The van der Waals surface area contributed by atoms with Crippen LogP contribution in [0, 0.1) is 5.41 Å². The molecule has 0 aliphatic heterocycles. The van der Waals surface area contributed by atoms with Crippen LogP contribution in [0.3, 0.4) is 0 Å². The van der Waals surface area contributed by atoms with Gasteiger partial charge in [-0.15, -0.1) is 11.3 Å². The Morgan fingerprint density at radius 3 is 2.84 bits per heavy atom. The van der Waals surface area contributed by atoms with Gasteiger partial charge in [0.15, 0.2) is 0 Å². The van der Waals surface area contributed by atoms with Crippen molar-refractivity contribution in [1.82, 2.24) is 5.32 Å². The van der Waals surface area contributed by atoms with Gasteiger partial charge >= 0.3 is 0 Å². The lowest BCUT2D eigenvalue weighted by molar-refractivity contribution is 0.0956. The van der Waals surface area contributed by atoms with Crippen molar-refractivity contribution in [1.29, 1.82) is 0 Å². The molecule has 0 fully saturated rings. The third kappa shape index (κ3) is 4.32. The summed E-state index contributed by atoms with van der Waals surface area (Å²) >= 11 is 5.32. The number of rotatable bonds is 4. The number of aryl methyl sites for hydroxylation is 2. The highest BCUT2D eigenvalue weighted by Crippen LogP contribution is 2.30. The van der Waals surface area contributed by atoms with E-state index < -0.39 is 0 Å². The van der Waals surface area contributed by atoms with E-state index in [2.05, 4.69) is 48.1 Å². The molecule has 1 N–H and O–H groups in total. The lowest BCUT2D eigenvalue weighted by atomic mass is 9.90. The number of carbonyl (C=O) groups is 1. The van der Waals surface area contributed by atoms with Crippen LogP contribution in [0.4, 0.5) is 0 Å². The zero-order chi connectivity index (χ0) is 14.0. The van der Waals surface area contributed by atoms with Gasteiger partial charge in [-0.2, -0.15) is 0 Å². The van der Waals surface area contributed by atoms with Gasteiger partial charge in [0.1, 0.15) is 0 Å². The Labute approximate surface area is 128 Å². The predicted octanol–water partition coefficient (Wildman–Crippen LogP) is 4.17. The van der Waals surface area contributed by atoms with Gasteiger partial charge in [-0.1, -0.05) is 36.7 Å². The Morgan fingerprint density at radius 1 is 1.47 bits per heavy atom. The van der Waals surface area contributed by atoms with E-state index in [0.29, 0.717) is 11.4 Å². The van der Waals surface area contributed by atoms with E-state index >= 15 is 0 Å². The van der Waals surface area contributed by atoms with Crippen LogP contribution in [-0.2, 0) is 12.8 Å². The Bertz CT molecular complexity index is 440. The summed E-state index contributed by atoms with van der Waals surface area (Å²) in [5.74, 6) is 0.0813. The molecule has 0 radical (unpaired) electrons. The summed E-state index contributed by atoms with van der Waals surface area (Å²) in [5, 5.41) is 3.03. The third-order valence-corrected chi connectivity index (χ3v) is 5.17. The van der Waals surface area contributed by atoms with Crippen LogP contribution in [0.25, 0.3) is 0 Å². The molecule has 1 aliphatic carbocycles. The first kappa shape index (κ1) is 15.0. The molecule has 1 aliphatic rings. The summed E-state index contributed by atoms with van der Waals surface area (Å²) < 4.78 is 0. The summed E-state index contributed by atoms with van der Waals surface area (Å²) in [6.45, 7) is 7.34. The van der Waals surface area contributed by atoms with Crippen LogP contribution in [0.2, 0.25) is 0 Å². The Kier molecular flexibility index (Phi) is 4.72. The molecule has 0 spiro atoms. The van der Waals surface area contributed by atoms with Crippen molar-refractivity contribution < 1.29 is 4.79 Å². The molecular formula is C15H22BrNOS. The van der Waals surface area contributed by atoms with Crippen molar-refractivity contribution in [2.45, 2.75) is 51.3 Å². The highest BCUT2D eigenvalue weighted by molar-refractivity contribution is 9.09. The molecule has 1 amide bonds. The van der Waals surface area contributed by atoms with Gasteiger partial charge in [0.25, 0.3) is 5.91 Å². The second-order valence-corrected chi connectivity index (χ2v) is 8.92. The number of hydrogen-bond acceptors (Lipinski definition) is 2. The van der Waals surface area contributed by atoms with E-state index in [1.165, 1.54) is 16.9 Å². The molecule has 0 saturated carbocycles. The van der Waals surface area contributed by atoms with Crippen molar-refractivity contribution in [3.8, 4) is 0 Å². The molecule has 0 saturated heterocycles. The smallest absolute Gasteiger partial charge is 0.261 e. The van der Waals surface area contributed by atoms with Crippen LogP contribution >= 0.6 is 27.3 Å². The third-order valence-electron chi connectivity index (χ3n) is 3.29. The minimum Gasteiger partial charge on any atom is -0.350 e. The lowest BCUT2D eigenvalue weighted by Gasteiger charge is -2.22. The zero-order valence-electron chi connectivity index (χ0n) is 11.9. The maximum Gasteiger partial charge on any atom is 0.261 e. The van der Waals surface area contributed by atoms with Crippen LogP contribution in [-0.4, -0.2) is 17.3 Å². The molecule has 0 aromatic carbocycles. The Hall–Kier alpha value is -0.350. The van der Waals surface area contributed by atoms with Crippen molar-refractivity contribution in [2.75, 3.05) is 6.54 Å². The largest absolute Gasteiger partial charge is 0.350 e. The van der Waals surface area contributed by atoms with Gasteiger partial charge in [-0.3, -0.25) is 4.79 Å². The summed E-state index contributed by atoms with van der Waals surface area (Å²) in [4.78, 5) is 14.7. The average Bonchev–Trinajstić information content (AvgIpc) is 2.83. The molecule has 1 aromatic rings. The summed E-state index contributed by atoms with van der Waals surface area (Å²) in [6, 6.07) is 2.08. The van der Waals surface area contributed by atoms with Crippen molar-refractivity contribution in [3.63, 3.8) is 0 Å². The van der Waals surface area contributed by atoms with Crippen molar-refractivity contribution in [2.24, 2.45) is 5.41 Å². The number of thiophene rings is 1. The van der Waals surface area contributed by atoms with Crippen molar-refractivity contribution >= 4 is 33.2 Å². The number of hydrogen-bond donors (Lipinski definition) is 1. The Balaban J connectivity index is 1.84. The minimum absolute atomic E-state index is 0.0813. The van der Waals surface area contributed by atoms with E-state index in [0.717, 1.165) is 24.1 Å². The van der Waals surface area contributed by atoms with E-state index in [9.17, 15) is 4.79 Å². The standard InChI is InChI=1S/C15H22BrNOS/c1-15(2,3)8-11(16)9-17-14(18)13-7-10-5-4-6-12(10)19-13/h7,11H,4-6,8-9H2,1-3H3,(H,17,18). The van der Waals surface area contributed by atoms with Gasteiger partial charge in [-0.05, 0) is 42.7 Å². The predicted molar refractivity (Wildman–Crippen MR) is 85.5 cm³/mol. The van der Waals surface area contributed by atoms with Crippen LogP contribution in [0.15, 0.2) is 6.07 Å². The molecule has 0 bridgehead atoms. The van der Waals surface area contributed by atoms with E-state index in [1.807, 2.05) is 0 Å². The topological polar surface area (TPSA) is 29.1 Å². The second kappa shape index (κ2) is 5.96. The fourth-order valence-electron chi connectivity index (χ4n) is 2.47. The van der Waals surface area contributed by atoms with Crippen LogP contribution < -0.4 is 5.32 Å². The molecule has 106 valence electrons. The maximum atomic E-state index is 12.1. The normalized spacial score (nSPS) is 16.2.